The summed E-state index contributed by atoms with van der Waals surface area (Å²) in [5, 5.41) is 14.8. The van der Waals surface area contributed by atoms with Gasteiger partial charge in [-0.15, -0.1) is 11.3 Å². The molecule has 11 aromatic rings. The van der Waals surface area contributed by atoms with Gasteiger partial charge >= 0.3 is 0 Å². The van der Waals surface area contributed by atoms with Crippen LogP contribution in [0.1, 0.15) is 29.0 Å². The number of aromatic nitrogens is 1. The number of amidine groups is 1. The van der Waals surface area contributed by atoms with E-state index in [9.17, 15) is 0 Å². The average molecular weight is 751 g/mol. The van der Waals surface area contributed by atoms with Crippen molar-refractivity contribution in [1.82, 2.24) is 15.2 Å². The van der Waals surface area contributed by atoms with Crippen LogP contribution in [-0.2, 0) is 0 Å². The fraction of sp³-hybridized carbons (Fsp3) is 0.0392. The average Bonchev–Trinajstić information content (AvgIpc) is 3.96. The van der Waals surface area contributed by atoms with E-state index in [0.29, 0.717) is 0 Å². The molecule has 0 saturated carbocycles. The molecule has 4 heterocycles. The van der Waals surface area contributed by atoms with E-state index in [1.807, 2.05) is 17.4 Å². The van der Waals surface area contributed by atoms with Gasteiger partial charge < -0.3 is 14.3 Å². The van der Waals surface area contributed by atoms with E-state index in [1.54, 1.807) is 0 Å². The van der Waals surface area contributed by atoms with Crippen LogP contribution in [0.3, 0.4) is 0 Å². The molecule has 0 saturated heterocycles. The van der Waals surface area contributed by atoms with Crippen molar-refractivity contribution < 1.29 is 4.42 Å². The van der Waals surface area contributed by atoms with Gasteiger partial charge in [-0.3, -0.25) is 5.32 Å². The molecule has 2 unspecified atom stereocenters. The summed E-state index contributed by atoms with van der Waals surface area (Å²) in [4.78, 5) is 5.15. The molecule has 0 spiro atoms. The standard InChI is InChI=1S/C51H34N4OS/c1-3-13-31(14-4-1)49-52-50(32-15-5-2-6-16-32)54-51(53-49)40-21-12-24-46-47(40)39-20-11-19-35(48(39)57-46)33-25-28-44-41(29-33)38-27-26-34(30-45(38)56-44)55-42-22-9-7-17-36(42)37-18-8-10-23-43(37)55/h1-30,49,51,53H,(H,52,54). The molecule has 8 aromatic carbocycles. The Hall–Kier alpha value is -6.99. The maximum absolute atomic E-state index is 6.57. The van der Waals surface area contributed by atoms with Gasteiger partial charge in [0.15, 0.2) is 0 Å². The van der Waals surface area contributed by atoms with Gasteiger partial charge in [0.25, 0.3) is 0 Å². The molecule has 6 heteroatoms. The van der Waals surface area contributed by atoms with Crippen LogP contribution in [0.15, 0.2) is 191 Å². The number of furan rings is 1. The van der Waals surface area contributed by atoms with Gasteiger partial charge in [0, 0.05) is 59.0 Å². The molecule has 0 bridgehead atoms. The Labute approximate surface area is 332 Å². The summed E-state index contributed by atoms with van der Waals surface area (Å²) in [6, 6.07) is 64.8. The number of benzene rings is 8. The molecule has 0 fully saturated rings. The third kappa shape index (κ3) is 5.15. The van der Waals surface area contributed by atoms with Gasteiger partial charge in [0.05, 0.1) is 11.0 Å². The molecule has 1 aliphatic rings. The number of rotatable bonds is 5. The summed E-state index contributed by atoms with van der Waals surface area (Å²) in [6.07, 6.45) is -0.355. The highest BCUT2D eigenvalue weighted by Crippen LogP contribution is 2.44. The number of para-hydroxylation sites is 2. The zero-order valence-corrected chi connectivity index (χ0v) is 31.5. The van der Waals surface area contributed by atoms with Crippen molar-refractivity contribution in [3.05, 3.63) is 199 Å². The summed E-state index contributed by atoms with van der Waals surface area (Å²) in [6.45, 7) is 0. The number of thiophene rings is 1. The number of hydrogen-bond acceptors (Lipinski definition) is 5. The summed E-state index contributed by atoms with van der Waals surface area (Å²) >= 11 is 1.86. The van der Waals surface area contributed by atoms with Crippen LogP contribution in [0.4, 0.5) is 0 Å². The van der Waals surface area contributed by atoms with Crippen LogP contribution < -0.4 is 10.6 Å². The molecule has 3 aromatic heterocycles. The highest BCUT2D eigenvalue weighted by Gasteiger charge is 2.28. The van der Waals surface area contributed by atoms with E-state index < -0.39 is 0 Å². The second-order valence-corrected chi connectivity index (χ2v) is 15.8. The molecule has 0 amide bonds. The Bertz CT molecular complexity index is 3320. The molecule has 0 radical (unpaired) electrons. The Kier molecular flexibility index (Phi) is 7.24. The van der Waals surface area contributed by atoms with E-state index in [1.165, 1.54) is 58.7 Å². The van der Waals surface area contributed by atoms with Gasteiger partial charge in [-0.05, 0) is 64.7 Å². The number of nitrogens with one attached hydrogen (secondary N) is 2. The molecule has 2 N–H and O–H groups in total. The summed E-state index contributed by atoms with van der Waals surface area (Å²) < 4.78 is 11.4. The molecular formula is C51H34N4OS. The largest absolute Gasteiger partial charge is 0.456 e. The van der Waals surface area contributed by atoms with Crippen LogP contribution in [0.2, 0.25) is 0 Å². The number of fused-ring (bicyclic) bond motifs is 9. The smallest absolute Gasteiger partial charge is 0.137 e. The quantitative estimate of drug-likeness (QED) is 0.184. The van der Waals surface area contributed by atoms with Gasteiger partial charge in [0.1, 0.15) is 29.3 Å². The summed E-state index contributed by atoms with van der Waals surface area (Å²) in [5.41, 5.74) is 11.0. The topological polar surface area (TPSA) is 54.5 Å². The minimum Gasteiger partial charge on any atom is -0.456 e. The van der Waals surface area contributed by atoms with E-state index in [4.69, 9.17) is 9.41 Å². The SMILES string of the molecule is c1ccc(C2=NC(c3ccccc3)NC(c3cccc4sc5c(-c6ccc7oc8cc(-n9c%10ccccc%10c%10ccccc%109)ccc8c7c6)cccc5c34)N2)cc1. The molecule has 5 nitrogen and oxygen atoms in total. The monoisotopic (exact) mass is 750 g/mol. The minimum absolute atomic E-state index is 0.158. The first-order chi connectivity index (χ1) is 28.2. The van der Waals surface area contributed by atoms with E-state index in [0.717, 1.165) is 44.6 Å². The van der Waals surface area contributed by atoms with Crippen LogP contribution in [0.5, 0.6) is 0 Å². The first-order valence-corrected chi connectivity index (χ1v) is 20.2. The molecule has 1 aliphatic heterocycles. The number of nitrogens with zero attached hydrogens (tertiary/aromatic N) is 2. The fourth-order valence-electron chi connectivity index (χ4n) is 8.88. The van der Waals surface area contributed by atoms with Gasteiger partial charge in [-0.1, -0.05) is 133 Å². The second-order valence-electron chi connectivity index (χ2n) is 14.8. The molecule has 12 rings (SSSR count). The first-order valence-electron chi connectivity index (χ1n) is 19.4. The lowest BCUT2D eigenvalue weighted by atomic mass is 9.98. The third-order valence-electron chi connectivity index (χ3n) is 11.5. The molecule has 57 heavy (non-hydrogen) atoms. The highest BCUT2D eigenvalue weighted by molar-refractivity contribution is 7.26. The molecule has 0 aliphatic carbocycles. The Morgan fingerprint density at radius 3 is 2.07 bits per heavy atom. The number of hydrogen-bond donors (Lipinski definition) is 2. The third-order valence-corrected chi connectivity index (χ3v) is 12.7. The van der Waals surface area contributed by atoms with Crippen molar-refractivity contribution in [2.45, 2.75) is 12.3 Å². The van der Waals surface area contributed by atoms with Crippen molar-refractivity contribution in [2.24, 2.45) is 4.99 Å². The lowest BCUT2D eigenvalue weighted by molar-refractivity contribution is 0.411. The van der Waals surface area contributed by atoms with Crippen LogP contribution in [0, 0.1) is 0 Å². The van der Waals surface area contributed by atoms with Gasteiger partial charge in [0.2, 0.25) is 0 Å². The summed E-state index contributed by atoms with van der Waals surface area (Å²) in [5.74, 6) is 0.883. The lowest BCUT2D eigenvalue weighted by Crippen LogP contribution is -2.45. The second kappa shape index (κ2) is 12.8. The van der Waals surface area contributed by atoms with Crippen LogP contribution in [0.25, 0.3) is 80.7 Å². The molecule has 2 atom stereocenters. The van der Waals surface area contributed by atoms with E-state index >= 15 is 0 Å². The Morgan fingerprint density at radius 2 is 1.26 bits per heavy atom. The lowest BCUT2D eigenvalue weighted by Gasteiger charge is -2.32. The normalized spacial score (nSPS) is 15.9. The molecule has 270 valence electrons. The minimum atomic E-state index is -0.196. The predicted molar refractivity (Wildman–Crippen MR) is 238 cm³/mol. The van der Waals surface area contributed by atoms with Crippen molar-refractivity contribution in [3.8, 4) is 16.8 Å². The maximum atomic E-state index is 6.57. The zero-order valence-electron chi connectivity index (χ0n) is 30.7. The molecular weight excluding hydrogens is 717 g/mol. The van der Waals surface area contributed by atoms with E-state index in [-0.39, 0.29) is 12.3 Å². The highest BCUT2D eigenvalue weighted by atomic mass is 32.1. The van der Waals surface area contributed by atoms with Crippen molar-refractivity contribution in [3.63, 3.8) is 0 Å². The fourth-order valence-corrected chi connectivity index (χ4v) is 10.2. The van der Waals surface area contributed by atoms with Crippen molar-refractivity contribution in [2.75, 3.05) is 0 Å². The predicted octanol–water partition coefficient (Wildman–Crippen LogP) is 13.1. The zero-order chi connectivity index (χ0) is 37.5. The van der Waals surface area contributed by atoms with E-state index in [2.05, 4.69) is 191 Å². The number of aliphatic imine (C=N–C) groups is 1. The Balaban J connectivity index is 0.960. The van der Waals surface area contributed by atoms with Gasteiger partial charge in [-0.25, -0.2) is 4.99 Å². The van der Waals surface area contributed by atoms with Crippen LogP contribution in [-0.4, -0.2) is 10.4 Å². The van der Waals surface area contributed by atoms with Gasteiger partial charge in [-0.2, -0.15) is 0 Å². The Morgan fingerprint density at radius 1 is 0.544 bits per heavy atom. The first kappa shape index (κ1) is 32.3. The summed E-state index contributed by atoms with van der Waals surface area (Å²) in [7, 11) is 0. The van der Waals surface area contributed by atoms with Crippen molar-refractivity contribution in [1.29, 1.82) is 0 Å². The van der Waals surface area contributed by atoms with Crippen molar-refractivity contribution >= 4 is 81.1 Å². The maximum Gasteiger partial charge on any atom is 0.137 e. The van der Waals surface area contributed by atoms with Crippen LogP contribution >= 0.6 is 11.3 Å².